The molecule has 31 heavy (non-hydrogen) atoms. The number of nitrogens with one attached hydrogen (secondary N) is 1. The van der Waals surface area contributed by atoms with Crippen molar-refractivity contribution in [1.29, 1.82) is 0 Å². The van der Waals surface area contributed by atoms with Crippen LogP contribution in [0.2, 0.25) is 0 Å². The Balaban J connectivity index is 1.42. The summed E-state index contributed by atoms with van der Waals surface area (Å²) in [6.45, 7) is 7.16. The molecule has 0 amide bonds. The quantitative estimate of drug-likeness (QED) is 0.288. The highest BCUT2D eigenvalue weighted by atomic mass is 16.6. The fourth-order valence-corrected chi connectivity index (χ4v) is 3.19. The average molecular weight is 423 g/mol. The van der Waals surface area contributed by atoms with E-state index in [2.05, 4.69) is 11.9 Å². The van der Waals surface area contributed by atoms with Gasteiger partial charge in [0.05, 0.1) is 32.0 Å². The highest BCUT2D eigenvalue weighted by Gasteiger charge is 2.31. The van der Waals surface area contributed by atoms with E-state index in [0.717, 1.165) is 0 Å². The van der Waals surface area contributed by atoms with Gasteiger partial charge in [0.25, 0.3) is 0 Å². The van der Waals surface area contributed by atoms with Gasteiger partial charge >= 0.3 is 5.97 Å². The van der Waals surface area contributed by atoms with E-state index in [-0.39, 0.29) is 24.8 Å². The third-order valence-corrected chi connectivity index (χ3v) is 4.70. The topological polar surface area (TPSA) is 90.9 Å². The molecule has 0 spiro atoms. The molecule has 0 atom stereocenters. The summed E-state index contributed by atoms with van der Waals surface area (Å²) in [7, 11) is 0. The van der Waals surface area contributed by atoms with E-state index in [1.54, 1.807) is 49.4 Å². The summed E-state index contributed by atoms with van der Waals surface area (Å²) >= 11 is 0. The lowest BCUT2D eigenvalue weighted by molar-refractivity contribution is -0.140. The molecule has 2 aromatic carbocycles. The first kappa shape index (κ1) is 22.4. The Bertz CT molecular complexity index is 997. The zero-order valence-electron chi connectivity index (χ0n) is 17.4. The first-order valence-corrected chi connectivity index (χ1v) is 10.0. The molecule has 0 bridgehead atoms. The minimum atomic E-state index is -0.433. The molecule has 0 saturated heterocycles. The van der Waals surface area contributed by atoms with Crippen molar-refractivity contribution in [2.75, 3.05) is 44.9 Å². The molecule has 0 fully saturated rings. The summed E-state index contributed by atoms with van der Waals surface area (Å²) in [5.41, 5.74) is 2.65. The molecule has 1 aliphatic rings. The second-order valence-corrected chi connectivity index (χ2v) is 7.00. The number of benzene rings is 2. The van der Waals surface area contributed by atoms with Crippen LogP contribution in [-0.4, -0.2) is 57.1 Å². The second kappa shape index (κ2) is 10.7. The van der Waals surface area contributed by atoms with Crippen molar-refractivity contribution in [3.8, 4) is 0 Å². The number of fused-ring (bicyclic) bond motifs is 2. The largest absolute Gasteiger partial charge is 0.460 e. The molecule has 3 rings (SSSR count). The van der Waals surface area contributed by atoms with Gasteiger partial charge in [-0.15, -0.1) is 0 Å². The number of carbonyl (C=O) groups is 3. The van der Waals surface area contributed by atoms with Gasteiger partial charge in [-0.05, 0) is 13.0 Å². The average Bonchev–Trinajstić information content (AvgIpc) is 2.78. The Hall–Kier alpha value is -3.29. The summed E-state index contributed by atoms with van der Waals surface area (Å²) in [6, 6.07) is 12.1. The maximum Gasteiger partial charge on any atom is 0.333 e. The van der Waals surface area contributed by atoms with Gasteiger partial charge in [0.2, 0.25) is 0 Å². The SMILES string of the molecule is C=C(C)C(=O)OCCOCCOCCNc1cccc2c1C(=O)c1ccccc1C2=O. The summed E-state index contributed by atoms with van der Waals surface area (Å²) < 4.78 is 15.8. The van der Waals surface area contributed by atoms with Gasteiger partial charge < -0.3 is 19.5 Å². The number of hydrogen-bond acceptors (Lipinski definition) is 7. The van der Waals surface area contributed by atoms with Crippen molar-refractivity contribution in [3.05, 3.63) is 76.9 Å². The third-order valence-electron chi connectivity index (χ3n) is 4.70. The molecule has 2 aromatic rings. The van der Waals surface area contributed by atoms with Crippen LogP contribution >= 0.6 is 0 Å². The lowest BCUT2D eigenvalue weighted by atomic mass is 9.83. The van der Waals surface area contributed by atoms with E-state index in [4.69, 9.17) is 14.2 Å². The second-order valence-electron chi connectivity index (χ2n) is 7.00. The van der Waals surface area contributed by atoms with Crippen molar-refractivity contribution in [2.45, 2.75) is 6.92 Å². The van der Waals surface area contributed by atoms with E-state index in [1.165, 1.54) is 0 Å². The van der Waals surface area contributed by atoms with Gasteiger partial charge in [0, 0.05) is 34.5 Å². The van der Waals surface area contributed by atoms with Gasteiger partial charge in [-0.25, -0.2) is 4.79 Å². The normalized spacial score (nSPS) is 12.2. The fourth-order valence-electron chi connectivity index (χ4n) is 3.19. The van der Waals surface area contributed by atoms with Crippen LogP contribution in [0, 0.1) is 0 Å². The number of ketones is 2. The van der Waals surface area contributed by atoms with E-state index in [0.29, 0.717) is 59.9 Å². The molecular weight excluding hydrogens is 398 g/mol. The molecular formula is C24H25NO6. The zero-order chi connectivity index (χ0) is 22.2. The van der Waals surface area contributed by atoms with Gasteiger partial charge in [0.15, 0.2) is 11.6 Å². The first-order chi connectivity index (χ1) is 15.0. The zero-order valence-corrected chi connectivity index (χ0v) is 17.4. The number of esters is 1. The highest BCUT2D eigenvalue weighted by Crippen LogP contribution is 2.31. The summed E-state index contributed by atoms with van der Waals surface area (Å²) in [4.78, 5) is 36.9. The Morgan fingerprint density at radius 3 is 2.16 bits per heavy atom. The molecule has 0 heterocycles. The Morgan fingerprint density at radius 1 is 0.839 bits per heavy atom. The molecule has 162 valence electrons. The molecule has 0 aliphatic heterocycles. The number of hydrogen-bond donors (Lipinski definition) is 1. The predicted octanol–water partition coefficient (Wildman–Crippen LogP) is 3.03. The van der Waals surface area contributed by atoms with Crippen LogP contribution in [0.25, 0.3) is 0 Å². The van der Waals surface area contributed by atoms with Crippen LogP contribution in [0.4, 0.5) is 5.69 Å². The van der Waals surface area contributed by atoms with Crippen LogP contribution in [0.5, 0.6) is 0 Å². The fraction of sp³-hybridized carbons (Fsp3) is 0.292. The standard InChI is InChI=1S/C24H25NO6/c1-16(2)24(28)31-15-14-30-13-12-29-11-10-25-20-9-5-8-19-21(20)23(27)18-7-4-3-6-17(18)22(19)26/h3-9,25H,1,10-15H2,2H3. The highest BCUT2D eigenvalue weighted by molar-refractivity contribution is 6.30. The first-order valence-electron chi connectivity index (χ1n) is 10.0. The summed E-state index contributed by atoms with van der Waals surface area (Å²) in [5.74, 6) is -0.733. The molecule has 1 aliphatic carbocycles. The Kier molecular flexibility index (Phi) is 7.70. The maximum atomic E-state index is 12.9. The minimum Gasteiger partial charge on any atom is -0.460 e. The van der Waals surface area contributed by atoms with Crippen LogP contribution in [0.1, 0.15) is 38.8 Å². The van der Waals surface area contributed by atoms with Crippen molar-refractivity contribution < 1.29 is 28.6 Å². The van der Waals surface area contributed by atoms with Crippen molar-refractivity contribution >= 4 is 23.2 Å². The van der Waals surface area contributed by atoms with E-state index >= 15 is 0 Å². The van der Waals surface area contributed by atoms with Crippen LogP contribution in [-0.2, 0) is 19.0 Å². The van der Waals surface area contributed by atoms with Crippen molar-refractivity contribution in [1.82, 2.24) is 0 Å². The number of rotatable bonds is 11. The maximum absolute atomic E-state index is 12.9. The van der Waals surface area contributed by atoms with Gasteiger partial charge in [0.1, 0.15) is 6.61 Å². The van der Waals surface area contributed by atoms with Gasteiger partial charge in [-0.3, -0.25) is 9.59 Å². The lowest BCUT2D eigenvalue weighted by Gasteiger charge is -2.20. The Labute approximate surface area is 181 Å². The monoisotopic (exact) mass is 423 g/mol. The van der Waals surface area contributed by atoms with Gasteiger partial charge in [-0.1, -0.05) is 43.0 Å². The smallest absolute Gasteiger partial charge is 0.333 e. The lowest BCUT2D eigenvalue weighted by Crippen LogP contribution is -2.23. The summed E-state index contributed by atoms with van der Waals surface area (Å²) in [5, 5.41) is 3.18. The molecule has 0 aromatic heterocycles. The molecule has 1 N–H and O–H groups in total. The van der Waals surface area contributed by atoms with Crippen molar-refractivity contribution in [2.24, 2.45) is 0 Å². The van der Waals surface area contributed by atoms with E-state index < -0.39 is 5.97 Å². The van der Waals surface area contributed by atoms with Crippen LogP contribution < -0.4 is 5.32 Å². The van der Waals surface area contributed by atoms with Crippen LogP contribution in [0.3, 0.4) is 0 Å². The number of anilines is 1. The van der Waals surface area contributed by atoms with E-state index in [1.807, 2.05) is 0 Å². The summed E-state index contributed by atoms with van der Waals surface area (Å²) in [6.07, 6.45) is 0. The van der Waals surface area contributed by atoms with Crippen LogP contribution in [0.15, 0.2) is 54.6 Å². The minimum absolute atomic E-state index is 0.142. The third kappa shape index (κ3) is 5.45. The molecule has 0 radical (unpaired) electrons. The molecule has 0 unspecified atom stereocenters. The molecule has 0 saturated carbocycles. The van der Waals surface area contributed by atoms with Gasteiger partial charge in [-0.2, -0.15) is 0 Å². The van der Waals surface area contributed by atoms with Crippen molar-refractivity contribution in [3.63, 3.8) is 0 Å². The number of ether oxygens (including phenoxy) is 3. The predicted molar refractivity (Wildman–Crippen MR) is 116 cm³/mol. The Morgan fingerprint density at radius 2 is 1.45 bits per heavy atom. The molecule has 7 heteroatoms. The van der Waals surface area contributed by atoms with E-state index in [9.17, 15) is 14.4 Å². The number of carbonyl (C=O) groups excluding carboxylic acids is 3. The molecule has 7 nitrogen and oxygen atoms in total.